The van der Waals surface area contributed by atoms with E-state index in [9.17, 15) is 32.0 Å². The Balaban J connectivity index is 2.78. The lowest BCUT2D eigenvalue weighted by Gasteiger charge is -2.14. The van der Waals surface area contributed by atoms with Crippen LogP contribution < -0.4 is 4.74 Å². The van der Waals surface area contributed by atoms with E-state index in [1.165, 1.54) is 25.1 Å². The summed E-state index contributed by atoms with van der Waals surface area (Å²) in [6.07, 6.45) is -7.37. The van der Waals surface area contributed by atoms with Crippen molar-refractivity contribution >= 4 is 41.1 Å². The molecule has 0 fully saturated rings. The number of ether oxygens (including phenoxy) is 1. The van der Waals surface area contributed by atoms with Crippen LogP contribution in [-0.2, 0) is 0 Å². The molecule has 30 heavy (non-hydrogen) atoms. The molecule has 0 aliphatic heterocycles. The minimum atomic E-state index is -5.02. The maximum absolute atomic E-state index is 13.1. The molecule has 0 unspecified atom stereocenters. The van der Waals surface area contributed by atoms with E-state index in [4.69, 9.17) is 23.2 Å². The van der Waals surface area contributed by atoms with E-state index in [1.54, 1.807) is 0 Å². The molecule has 0 atom stereocenters. The molecule has 0 saturated carbocycles. The summed E-state index contributed by atoms with van der Waals surface area (Å²) < 4.78 is 67.9. The van der Waals surface area contributed by atoms with E-state index < -0.39 is 51.4 Å². The third-order valence-electron chi connectivity index (χ3n) is 3.26. The van der Waals surface area contributed by atoms with Gasteiger partial charge in [-0.1, -0.05) is 23.2 Å². The third kappa shape index (κ3) is 5.17. The second-order valence-electron chi connectivity index (χ2n) is 5.73. The highest BCUT2D eigenvalue weighted by molar-refractivity contribution is 6.38. The van der Waals surface area contributed by atoms with Crippen LogP contribution in [0.1, 0.15) is 16.1 Å². The first-order valence-corrected chi connectivity index (χ1v) is 8.42. The molecule has 160 valence electrons. The quantitative estimate of drug-likeness (QED) is 0.266. The molecule has 0 saturated heterocycles. The monoisotopic (exact) mass is 469 g/mol. The number of nitriles is 1. The van der Waals surface area contributed by atoms with Gasteiger partial charge in [0.05, 0.1) is 16.4 Å². The summed E-state index contributed by atoms with van der Waals surface area (Å²) in [7, 11) is 3.07. The molecule has 7 nitrogen and oxygen atoms in total. The number of halogens is 7. The number of nitrogens with zero attached hydrogens (tertiary/aromatic N) is 5. The van der Waals surface area contributed by atoms with Crippen LogP contribution >= 0.6 is 23.2 Å². The molecule has 1 aromatic heterocycles. The second kappa shape index (κ2) is 8.85. The summed E-state index contributed by atoms with van der Waals surface area (Å²) >= 11 is 12.0. The van der Waals surface area contributed by atoms with Gasteiger partial charge in [0, 0.05) is 26.2 Å². The van der Waals surface area contributed by atoms with Crippen molar-refractivity contribution < 1.29 is 31.5 Å². The highest BCUT2D eigenvalue weighted by Crippen LogP contribution is 2.38. The number of carbonyl (C=O) groups is 1. The van der Waals surface area contributed by atoms with Crippen molar-refractivity contribution in [2.24, 2.45) is 4.99 Å². The zero-order valence-corrected chi connectivity index (χ0v) is 16.5. The number of Topliss-reactive ketones (excluding diaryl/α,β-unsaturated/α-hetero) is 1. The Hall–Kier alpha value is -2.91. The van der Waals surface area contributed by atoms with Gasteiger partial charge in [-0.05, 0) is 0 Å². The summed E-state index contributed by atoms with van der Waals surface area (Å²) in [6.45, 7) is 0. The number of aliphatic imine (C=N–C) groups is 1. The van der Waals surface area contributed by atoms with Gasteiger partial charge in [-0.15, -0.1) is 13.2 Å². The van der Waals surface area contributed by atoms with E-state index in [-0.39, 0.29) is 5.69 Å². The van der Waals surface area contributed by atoms with Gasteiger partial charge < -0.3 is 9.64 Å². The molecule has 0 spiro atoms. The Bertz CT molecular complexity index is 1020. The maximum Gasteiger partial charge on any atom is 0.573 e. The first kappa shape index (κ1) is 23.4. The van der Waals surface area contributed by atoms with Crippen LogP contribution in [0.3, 0.4) is 0 Å². The minimum Gasteiger partial charge on any atom is -0.406 e. The van der Waals surface area contributed by atoms with Gasteiger partial charge in [0.1, 0.15) is 23.1 Å². The summed E-state index contributed by atoms with van der Waals surface area (Å²) in [5, 5.41) is 12.1. The second-order valence-corrected chi connectivity index (χ2v) is 6.54. The molecule has 14 heteroatoms. The molecule has 2 aromatic rings. The zero-order valence-electron chi connectivity index (χ0n) is 15.0. The van der Waals surface area contributed by atoms with Crippen molar-refractivity contribution in [3.8, 4) is 17.5 Å². The van der Waals surface area contributed by atoms with E-state index in [1.807, 2.05) is 0 Å². The fourth-order valence-electron chi connectivity index (χ4n) is 2.21. The van der Waals surface area contributed by atoms with E-state index >= 15 is 0 Å². The highest BCUT2D eigenvalue weighted by atomic mass is 35.5. The lowest BCUT2D eigenvalue weighted by molar-refractivity contribution is -0.274. The predicted octanol–water partition coefficient (Wildman–Crippen LogP) is 4.62. The Morgan fingerprint density at radius 2 is 1.90 bits per heavy atom. The molecular weight excluding hydrogens is 460 g/mol. The fourth-order valence-corrected chi connectivity index (χ4v) is 2.83. The molecule has 0 bridgehead atoms. The number of benzene rings is 1. The van der Waals surface area contributed by atoms with Crippen LogP contribution in [-0.4, -0.2) is 53.7 Å². The first-order valence-electron chi connectivity index (χ1n) is 7.67. The Morgan fingerprint density at radius 1 is 1.33 bits per heavy atom. The lowest BCUT2D eigenvalue weighted by Crippen LogP contribution is -2.17. The van der Waals surface area contributed by atoms with Crippen molar-refractivity contribution in [2.75, 3.05) is 14.1 Å². The predicted molar refractivity (Wildman–Crippen MR) is 97.2 cm³/mol. The van der Waals surface area contributed by atoms with Crippen LogP contribution in [0, 0.1) is 11.3 Å². The van der Waals surface area contributed by atoms with Gasteiger partial charge in [-0.2, -0.15) is 10.4 Å². The highest BCUT2D eigenvalue weighted by Gasteiger charge is 2.33. The van der Waals surface area contributed by atoms with Gasteiger partial charge in [0.25, 0.3) is 0 Å². The van der Waals surface area contributed by atoms with Crippen molar-refractivity contribution in [1.82, 2.24) is 14.7 Å². The van der Waals surface area contributed by atoms with Gasteiger partial charge in [0.2, 0.25) is 5.78 Å². The zero-order chi connectivity index (χ0) is 22.8. The van der Waals surface area contributed by atoms with Crippen LogP contribution in [0.25, 0.3) is 5.69 Å². The molecule has 2 rings (SSSR count). The largest absolute Gasteiger partial charge is 0.573 e. The molecule has 0 aliphatic rings. The average molecular weight is 470 g/mol. The number of hydrogen-bond donors (Lipinski definition) is 0. The van der Waals surface area contributed by atoms with Crippen LogP contribution in [0.4, 0.5) is 27.8 Å². The molecule has 0 radical (unpaired) electrons. The number of ketones is 1. The molecule has 0 N–H and O–H groups in total. The van der Waals surface area contributed by atoms with Crippen molar-refractivity contribution in [3.63, 3.8) is 0 Å². The molecule has 1 heterocycles. The summed E-state index contributed by atoms with van der Waals surface area (Å²) in [5.74, 6) is -3.00. The number of carbonyl (C=O) groups excluding carboxylic acids is 1. The Kier molecular flexibility index (Phi) is 6.89. The number of alkyl halides is 5. The van der Waals surface area contributed by atoms with E-state index in [2.05, 4.69) is 14.8 Å². The lowest BCUT2D eigenvalue weighted by atomic mass is 10.1. The molecule has 0 amide bonds. The smallest absolute Gasteiger partial charge is 0.406 e. The summed E-state index contributed by atoms with van der Waals surface area (Å²) in [5.41, 5.74) is -1.80. The van der Waals surface area contributed by atoms with E-state index in [0.717, 1.165) is 23.2 Å². The van der Waals surface area contributed by atoms with Crippen molar-refractivity contribution in [2.45, 2.75) is 12.8 Å². The Labute approximate surface area is 175 Å². The summed E-state index contributed by atoms with van der Waals surface area (Å²) in [4.78, 5) is 17.2. The Morgan fingerprint density at radius 3 is 2.33 bits per heavy atom. The topological polar surface area (TPSA) is 83.5 Å². The fraction of sp³-hybridized carbons (Fsp3) is 0.250. The number of aromatic nitrogens is 2. The SMILES string of the molecule is CN(C)/C=N\c1c(C(=O)C(F)F)c(C#N)nn1-c1c(Cl)cc(OC(F)(F)F)cc1Cl. The first-order chi connectivity index (χ1) is 13.9. The van der Waals surface area contributed by atoms with Gasteiger partial charge >= 0.3 is 12.8 Å². The van der Waals surface area contributed by atoms with Crippen molar-refractivity contribution in [1.29, 1.82) is 5.26 Å². The standard InChI is InChI=1S/C16H10Cl2F5N5O2/c1-27(2)6-25-15-11(13(29)14(19)20)10(5-24)26-28(15)12-8(17)3-7(4-9(12)18)30-16(21,22)23/h3-4,6,14H,1-2H3/b25-6-. The van der Waals surface area contributed by atoms with Crippen LogP contribution in [0.5, 0.6) is 5.75 Å². The normalized spacial score (nSPS) is 11.8. The molecule has 1 aromatic carbocycles. The van der Waals surface area contributed by atoms with Gasteiger partial charge in [-0.3, -0.25) is 4.79 Å². The number of hydrogen-bond acceptors (Lipinski definition) is 5. The van der Waals surface area contributed by atoms with Crippen LogP contribution in [0.15, 0.2) is 17.1 Å². The minimum absolute atomic E-state index is 0.302. The van der Waals surface area contributed by atoms with E-state index in [0.29, 0.717) is 0 Å². The van der Waals surface area contributed by atoms with Gasteiger partial charge in [-0.25, -0.2) is 18.5 Å². The maximum atomic E-state index is 13.1. The molecule has 0 aliphatic carbocycles. The molecular formula is C16H10Cl2F5N5O2. The van der Waals surface area contributed by atoms with Crippen molar-refractivity contribution in [3.05, 3.63) is 33.4 Å². The average Bonchev–Trinajstić information content (AvgIpc) is 2.95. The van der Waals surface area contributed by atoms with Crippen LogP contribution in [0.2, 0.25) is 10.0 Å². The van der Waals surface area contributed by atoms with Gasteiger partial charge in [0.15, 0.2) is 11.5 Å². The summed E-state index contributed by atoms with van der Waals surface area (Å²) in [6, 6.07) is 2.99. The number of rotatable bonds is 6. The third-order valence-corrected chi connectivity index (χ3v) is 3.83.